The molecule has 2 aromatic carbocycles. The minimum Gasteiger partial charge on any atom is -0.310 e. The highest BCUT2D eigenvalue weighted by Gasteiger charge is 2.21. The molecule has 4 rings (SSSR count). The molecule has 1 fully saturated rings. The summed E-state index contributed by atoms with van der Waals surface area (Å²) in [5.74, 6) is 0.730. The van der Waals surface area contributed by atoms with Gasteiger partial charge in [0.2, 0.25) is 5.91 Å². The molecule has 29 heavy (non-hydrogen) atoms. The molecule has 1 amide bonds. The number of anilines is 1. The van der Waals surface area contributed by atoms with Gasteiger partial charge >= 0.3 is 0 Å². The third-order valence-corrected chi connectivity index (χ3v) is 5.62. The van der Waals surface area contributed by atoms with Crippen molar-refractivity contribution in [2.24, 2.45) is 0 Å². The van der Waals surface area contributed by atoms with E-state index in [4.69, 9.17) is 0 Å². The van der Waals surface area contributed by atoms with Gasteiger partial charge in [0.05, 0.1) is 24.8 Å². The summed E-state index contributed by atoms with van der Waals surface area (Å²) < 4.78 is 1.97. The molecule has 3 aromatic rings. The molecule has 2 N–H and O–H groups in total. The molecular formula is C24H28N4O. The van der Waals surface area contributed by atoms with Crippen LogP contribution >= 0.6 is 0 Å². The van der Waals surface area contributed by atoms with Crippen LogP contribution in [0, 0.1) is 6.92 Å². The number of rotatable bonds is 7. The molecule has 0 radical (unpaired) electrons. The van der Waals surface area contributed by atoms with Crippen molar-refractivity contribution in [3.8, 4) is 0 Å². The summed E-state index contributed by atoms with van der Waals surface area (Å²) in [5, 5.41) is 10.9. The van der Waals surface area contributed by atoms with Gasteiger partial charge < -0.3 is 5.32 Å². The van der Waals surface area contributed by atoms with Crippen LogP contribution in [0.2, 0.25) is 0 Å². The number of aromatic nitrogens is 2. The fourth-order valence-corrected chi connectivity index (χ4v) is 4.07. The number of carbonyl (C=O) groups excluding carboxylic acids is 1. The Kier molecular flexibility index (Phi) is 6.06. The molecular weight excluding hydrogens is 360 g/mol. The lowest BCUT2D eigenvalue weighted by Crippen LogP contribution is -2.32. The summed E-state index contributed by atoms with van der Waals surface area (Å²) in [6.45, 7) is 2.30. The Morgan fingerprint density at radius 2 is 1.72 bits per heavy atom. The standard InChI is InChI=1S/C24H28N4O/c1-18-11-13-20(14-12-18)24(19-7-3-2-4-8-19)25-17-23(29)27-22-15-16-26-28(22)21-9-5-6-10-21/h2-4,7-8,11-16,21,24-25H,5-6,9-10,17H2,1H3,(H,27,29)/t24-/m1/s1. The molecule has 0 saturated heterocycles. The van der Waals surface area contributed by atoms with E-state index in [9.17, 15) is 4.79 Å². The van der Waals surface area contributed by atoms with E-state index in [2.05, 4.69) is 59.1 Å². The van der Waals surface area contributed by atoms with E-state index in [1.165, 1.54) is 18.4 Å². The van der Waals surface area contributed by atoms with Gasteiger partial charge in [0.15, 0.2) is 0 Å². The summed E-state index contributed by atoms with van der Waals surface area (Å²) in [6.07, 6.45) is 6.49. The van der Waals surface area contributed by atoms with Crippen molar-refractivity contribution in [2.45, 2.75) is 44.7 Å². The molecule has 1 aliphatic rings. The first-order chi connectivity index (χ1) is 14.2. The van der Waals surface area contributed by atoms with Gasteiger partial charge in [-0.1, -0.05) is 73.0 Å². The maximum absolute atomic E-state index is 12.7. The minimum atomic E-state index is -0.0576. The summed E-state index contributed by atoms with van der Waals surface area (Å²) in [6, 6.07) is 20.9. The Hall–Kier alpha value is -2.92. The Bertz CT molecular complexity index is 927. The summed E-state index contributed by atoms with van der Waals surface area (Å²) in [5.41, 5.74) is 3.50. The van der Waals surface area contributed by atoms with Crippen molar-refractivity contribution in [1.29, 1.82) is 0 Å². The third-order valence-electron chi connectivity index (χ3n) is 5.62. The highest BCUT2D eigenvalue weighted by molar-refractivity contribution is 5.91. The predicted molar refractivity (Wildman–Crippen MR) is 116 cm³/mol. The van der Waals surface area contributed by atoms with E-state index >= 15 is 0 Å². The van der Waals surface area contributed by atoms with E-state index in [0.717, 1.165) is 29.8 Å². The van der Waals surface area contributed by atoms with Gasteiger partial charge in [-0.05, 0) is 30.9 Å². The van der Waals surface area contributed by atoms with Gasteiger partial charge in [-0.25, -0.2) is 4.68 Å². The van der Waals surface area contributed by atoms with Crippen LogP contribution in [0.15, 0.2) is 66.9 Å². The Morgan fingerprint density at radius 3 is 2.45 bits per heavy atom. The highest BCUT2D eigenvalue weighted by Crippen LogP contribution is 2.31. The first-order valence-electron chi connectivity index (χ1n) is 10.4. The lowest BCUT2D eigenvalue weighted by atomic mass is 9.98. The fraction of sp³-hybridized carbons (Fsp3) is 0.333. The van der Waals surface area contributed by atoms with E-state index in [1.807, 2.05) is 28.9 Å². The molecule has 0 unspecified atom stereocenters. The van der Waals surface area contributed by atoms with Crippen LogP contribution in [0.1, 0.15) is 54.5 Å². The zero-order valence-corrected chi connectivity index (χ0v) is 16.8. The van der Waals surface area contributed by atoms with E-state index in [-0.39, 0.29) is 18.5 Å². The number of aryl methyl sites for hydroxylation is 1. The average molecular weight is 389 g/mol. The van der Waals surface area contributed by atoms with Gasteiger partial charge in [-0.2, -0.15) is 5.10 Å². The van der Waals surface area contributed by atoms with Crippen LogP contribution in [0.5, 0.6) is 0 Å². The van der Waals surface area contributed by atoms with E-state index in [1.54, 1.807) is 6.20 Å². The molecule has 1 aliphatic carbocycles. The highest BCUT2D eigenvalue weighted by atomic mass is 16.2. The molecule has 0 bridgehead atoms. The molecule has 0 aliphatic heterocycles. The maximum Gasteiger partial charge on any atom is 0.239 e. The fourth-order valence-electron chi connectivity index (χ4n) is 4.07. The second kappa shape index (κ2) is 9.05. The molecule has 1 heterocycles. The largest absolute Gasteiger partial charge is 0.310 e. The van der Waals surface area contributed by atoms with E-state index < -0.39 is 0 Å². The predicted octanol–water partition coefficient (Wildman–Crippen LogP) is 4.62. The molecule has 1 atom stereocenters. The summed E-state index contributed by atoms with van der Waals surface area (Å²) in [7, 11) is 0. The van der Waals surface area contributed by atoms with Gasteiger partial charge in [-0.15, -0.1) is 0 Å². The lowest BCUT2D eigenvalue weighted by Gasteiger charge is -2.20. The van der Waals surface area contributed by atoms with Crippen LogP contribution in [0.3, 0.4) is 0 Å². The Morgan fingerprint density at radius 1 is 1.03 bits per heavy atom. The van der Waals surface area contributed by atoms with Crippen LogP contribution in [-0.2, 0) is 4.79 Å². The van der Waals surface area contributed by atoms with Crippen molar-refractivity contribution in [3.05, 3.63) is 83.6 Å². The summed E-state index contributed by atoms with van der Waals surface area (Å²) >= 11 is 0. The van der Waals surface area contributed by atoms with Crippen molar-refractivity contribution < 1.29 is 4.79 Å². The van der Waals surface area contributed by atoms with Crippen LogP contribution < -0.4 is 10.6 Å². The number of carbonyl (C=O) groups is 1. The zero-order chi connectivity index (χ0) is 20.1. The van der Waals surface area contributed by atoms with Gasteiger partial charge in [-0.3, -0.25) is 10.1 Å². The van der Waals surface area contributed by atoms with E-state index in [0.29, 0.717) is 6.04 Å². The van der Waals surface area contributed by atoms with Gasteiger partial charge in [0, 0.05) is 6.07 Å². The van der Waals surface area contributed by atoms with Crippen molar-refractivity contribution in [2.75, 3.05) is 11.9 Å². The minimum absolute atomic E-state index is 0.0395. The van der Waals surface area contributed by atoms with Gasteiger partial charge in [0.1, 0.15) is 5.82 Å². The molecule has 5 nitrogen and oxygen atoms in total. The van der Waals surface area contributed by atoms with Crippen LogP contribution in [0.25, 0.3) is 0 Å². The number of nitrogens with one attached hydrogen (secondary N) is 2. The van der Waals surface area contributed by atoms with Crippen LogP contribution in [0.4, 0.5) is 5.82 Å². The second-order valence-corrected chi connectivity index (χ2v) is 7.78. The van der Waals surface area contributed by atoms with Crippen molar-refractivity contribution in [3.63, 3.8) is 0 Å². The molecule has 0 spiro atoms. The van der Waals surface area contributed by atoms with Crippen LogP contribution in [-0.4, -0.2) is 22.2 Å². The Balaban J connectivity index is 1.44. The van der Waals surface area contributed by atoms with Crippen molar-refractivity contribution in [1.82, 2.24) is 15.1 Å². The number of hydrogen-bond donors (Lipinski definition) is 2. The summed E-state index contributed by atoms with van der Waals surface area (Å²) in [4.78, 5) is 12.7. The first kappa shape index (κ1) is 19.4. The smallest absolute Gasteiger partial charge is 0.239 e. The maximum atomic E-state index is 12.7. The normalized spacial score (nSPS) is 15.3. The first-order valence-corrected chi connectivity index (χ1v) is 10.4. The Labute approximate surface area is 172 Å². The molecule has 150 valence electrons. The number of nitrogens with zero attached hydrogens (tertiary/aromatic N) is 2. The zero-order valence-electron chi connectivity index (χ0n) is 16.8. The number of benzene rings is 2. The monoisotopic (exact) mass is 388 g/mol. The van der Waals surface area contributed by atoms with Gasteiger partial charge in [0.25, 0.3) is 0 Å². The second-order valence-electron chi connectivity index (χ2n) is 7.78. The quantitative estimate of drug-likeness (QED) is 0.621. The SMILES string of the molecule is Cc1ccc([C@H](NCC(=O)Nc2ccnn2C2CCCC2)c2ccccc2)cc1. The number of hydrogen-bond acceptors (Lipinski definition) is 3. The molecule has 1 saturated carbocycles. The third kappa shape index (κ3) is 4.74. The number of amides is 1. The molecule has 5 heteroatoms. The lowest BCUT2D eigenvalue weighted by molar-refractivity contribution is -0.115. The van der Waals surface area contributed by atoms with Crippen molar-refractivity contribution >= 4 is 11.7 Å². The topological polar surface area (TPSA) is 59.0 Å². The molecule has 1 aromatic heterocycles. The average Bonchev–Trinajstić information content (AvgIpc) is 3.42.